The van der Waals surface area contributed by atoms with E-state index in [1.54, 1.807) is 24.3 Å². The molecular formula is C17H14Cl2N4O5. The van der Waals surface area contributed by atoms with Crippen LogP contribution in [0.3, 0.4) is 0 Å². The fourth-order valence-electron chi connectivity index (χ4n) is 2.17. The van der Waals surface area contributed by atoms with Gasteiger partial charge in [0.1, 0.15) is 6.61 Å². The second-order valence-corrected chi connectivity index (χ2v) is 6.24. The molecule has 0 heterocycles. The van der Waals surface area contributed by atoms with Crippen LogP contribution in [0.25, 0.3) is 0 Å². The number of benzene rings is 2. The van der Waals surface area contributed by atoms with Crippen LogP contribution in [-0.4, -0.2) is 22.9 Å². The lowest BCUT2D eigenvalue weighted by Gasteiger charge is -2.07. The summed E-state index contributed by atoms with van der Waals surface area (Å²) in [7, 11) is 0. The maximum atomic E-state index is 12.2. The van der Waals surface area contributed by atoms with Crippen molar-refractivity contribution >= 4 is 41.0 Å². The lowest BCUT2D eigenvalue weighted by molar-refractivity contribution is -0.763. The molecule has 146 valence electrons. The van der Waals surface area contributed by atoms with Gasteiger partial charge in [0.2, 0.25) is 11.9 Å². The van der Waals surface area contributed by atoms with E-state index in [4.69, 9.17) is 28.9 Å². The monoisotopic (exact) mass is 424 g/mol. The predicted molar refractivity (Wildman–Crippen MR) is 102 cm³/mol. The Morgan fingerprint density at radius 3 is 2.46 bits per heavy atom. The smallest absolute Gasteiger partial charge is 0.294 e. The Morgan fingerprint density at radius 1 is 1.18 bits per heavy atom. The number of carbonyl (C=O) groups is 2. The van der Waals surface area contributed by atoms with Gasteiger partial charge in [0, 0.05) is 15.6 Å². The first-order valence-electron chi connectivity index (χ1n) is 7.73. The van der Waals surface area contributed by atoms with Crippen molar-refractivity contribution in [1.29, 1.82) is 0 Å². The van der Waals surface area contributed by atoms with Crippen molar-refractivity contribution in [2.75, 3.05) is 0 Å². The van der Waals surface area contributed by atoms with Gasteiger partial charge in [0.05, 0.1) is 6.42 Å². The van der Waals surface area contributed by atoms with Crippen molar-refractivity contribution < 1.29 is 19.5 Å². The summed E-state index contributed by atoms with van der Waals surface area (Å²) >= 11 is 12.0. The Hall–Kier alpha value is -3.17. The minimum Gasteiger partial charge on any atom is -0.369 e. The van der Waals surface area contributed by atoms with E-state index >= 15 is 0 Å². The Kier molecular flexibility index (Phi) is 7.30. The number of hydrogen-bond acceptors (Lipinski definition) is 5. The number of amides is 2. The maximum Gasteiger partial charge on any atom is 0.294 e. The van der Waals surface area contributed by atoms with Crippen LogP contribution in [0.1, 0.15) is 21.5 Å². The zero-order valence-corrected chi connectivity index (χ0v) is 15.7. The van der Waals surface area contributed by atoms with Crippen LogP contribution in [0.5, 0.6) is 0 Å². The molecule has 0 fully saturated rings. The van der Waals surface area contributed by atoms with Gasteiger partial charge >= 0.3 is 0 Å². The average molecular weight is 425 g/mol. The third kappa shape index (κ3) is 6.22. The molecule has 0 spiro atoms. The molecule has 0 aromatic heterocycles. The second kappa shape index (κ2) is 9.67. The zero-order valence-electron chi connectivity index (χ0n) is 14.2. The molecule has 2 rings (SSSR count). The predicted octanol–water partition coefficient (Wildman–Crippen LogP) is 2.52. The molecule has 2 aromatic carbocycles. The number of halogens is 2. The SMILES string of the molecule is NC(=NC(=O)c1cccc(CO[N+](=O)[O-])c1)NC(=O)Cc1c(Cl)cccc1Cl. The highest BCUT2D eigenvalue weighted by Crippen LogP contribution is 2.24. The molecule has 0 saturated carbocycles. The van der Waals surface area contributed by atoms with Gasteiger partial charge in [-0.1, -0.05) is 41.4 Å². The van der Waals surface area contributed by atoms with E-state index in [0.717, 1.165) is 0 Å². The molecule has 28 heavy (non-hydrogen) atoms. The number of nitrogens with one attached hydrogen (secondary N) is 1. The van der Waals surface area contributed by atoms with Gasteiger partial charge < -0.3 is 10.6 Å². The third-order valence-corrected chi connectivity index (χ3v) is 4.11. The largest absolute Gasteiger partial charge is 0.369 e. The Bertz CT molecular complexity index is 929. The second-order valence-electron chi connectivity index (χ2n) is 5.42. The normalized spacial score (nSPS) is 11.0. The Labute approximate surface area is 169 Å². The van der Waals surface area contributed by atoms with Crippen LogP contribution < -0.4 is 11.1 Å². The van der Waals surface area contributed by atoms with Crippen molar-refractivity contribution in [3.63, 3.8) is 0 Å². The molecule has 0 bridgehead atoms. The number of nitrogens with zero attached hydrogens (tertiary/aromatic N) is 2. The quantitative estimate of drug-likeness (QED) is 0.316. The summed E-state index contributed by atoms with van der Waals surface area (Å²) < 4.78 is 0. The molecule has 0 aliphatic heterocycles. The van der Waals surface area contributed by atoms with Crippen LogP contribution in [0.4, 0.5) is 0 Å². The highest BCUT2D eigenvalue weighted by Gasteiger charge is 2.13. The van der Waals surface area contributed by atoms with Crippen LogP contribution in [0, 0.1) is 10.1 Å². The maximum absolute atomic E-state index is 12.2. The molecule has 0 aliphatic carbocycles. The number of nitrogens with two attached hydrogens (primary N) is 1. The first-order valence-corrected chi connectivity index (χ1v) is 8.49. The van der Waals surface area contributed by atoms with E-state index in [1.807, 2.05) is 0 Å². The Balaban J connectivity index is 2.02. The van der Waals surface area contributed by atoms with Crippen molar-refractivity contribution in [1.82, 2.24) is 5.32 Å². The molecule has 0 radical (unpaired) electrons. The highest BCUT2D eigenvalue weighted by atomic mass is 35.5. The molecule has 0 unspecified atom stereocenters. The van der Waals surface area contributed by atoms with Gasteiger partial charge in [-0.15, -0.1) is 10.1 Å². The summed E-state index contributed by atoms with van der Waals surface area (Å²) in [6.07, 6.45) is -0.156. The van der Waals surface area contributed by atoms with E-state index in [2.05, 4.69) is 15.1 Å². The molecule has 9 nitrogen and oxygen atoms in total. The van der Waals surface area contributed by atoms with Crippen molar-refractivity contribution in [2.45, 2.75) is 13.0 Å². The highest BCUT2D eigenvalue weighted by molar-refractivity contribution is 6.36. The average Bonchev–Trinajstić information content (AvgIpc) is 2.63. The van der Waals surface area contributed by atoms with Crippen molar-refractivity contribution in [3.05, 3.63) is 79.3 Å². The van der Waals surface area contributed by atoms with Crippen molar-refractivity contribution in [3.8, 4) is 0 Å². The summed E-state index contributed by atoms with van der Waals surface area (Å²) in [5, 5.41) is 12.2. The number of aliphatic imine (C=N–C) groups is 1. The van der Waals surface area contributed by atoms with E-state index in [9.17, 15) is 19.7 Å². The minimum absolute atomic E-state index is 0.121. The summed E-state index contributed by atoms with van der Waals surface area (Å²) in [6, 6.07) is 10.7. The molecule has 2 amide bonds. The van der Waals surface area contributed by atoms with E-state index < -0.39 is 22.9 Å². The topological polar surface area (TPSA) is 137 Å². The zero-order chi connectivity index (χ0) is 20.7. The molecule has 0 aliphatic rings. The summed E-state index contributed by atoms with van der Waals surface area (Å²) in [4.78, 5) is 42.3. The van der Waals surface area contributed by atoms with Gasteiger partial charge in [-0.25, -0.2) is 0 Å². The molecular weight excluding hydrogens is 411 g/mol. The summed E-state index contributed by atoms with van der Waals surface area (Å²) in [5.41, 5.74) is 6.53. The minimum atomic E-state index is -0.939. The van der Waals surface area contributed by atoms with Crippen LogP contribution >= 0.6 is 23.2 Å². The molecule has 11 heteroatoms. The molecule has 3 N–H and O–H groups in total. The van der Waals surface area contributed by atoms with Crippen molar-refractivity contribution in [2.24, 2.45) is 10.7 Å². The standard InChI is InChI=1S/C17H14Cl2N4O5/c18-13-5-2-6-14(19)12(13)8-15(24)21-17(20)22-16(25)11-4-1-3-10(7-11)9-28-23(26)27/h1-7H,8-9H2,(H3,20,21,22,24,25). The fraction of sp³-hybridized carbons (Fsp3) is 0.118. The van der Waals surface area contributed by atoms with Crippen LogP contribution in [0.2, 0.25) is 10.0 Å². The lowest BCUT2D eigenvalue weighted by Crippen LogP contribution is -2.38. The van der Waals surface area contributed by atoms with Crippen LogP contribution in [0.15, 0.2) is 47.5 Å². The van der Waals surface area contributed by atoms with Gasteiger partial charge in [0.15, 0.2) is 0 Å². The number of rotatable bonds is 6. The van der Waals surface area contributed by atoms with E-state index in [0.29, 0.717) is 21.2 Å². The number of hydrogen-bond donors (Lipinski definition) is 2. The first-order chi connectivity index (χ1) is 13.3. The summed E-state index contributed by atoms with van der Waals surface area (Å²) in [6.45, 7) is -0.317. The van der Waals surface area contributed by atoms with E-state index in [-0.39, 0.29) is 18.6 Å². The number of guanidine groups is 1. The van der Waals surface area contributed by atoms with Gasteiger partial charge in [-0.3, -0.25) is 14.9 Å². The number of carbonyl (C=O) groups excluding carboxylic acids is 2. The molecule has 0 atom stereocenters. The molecule has 2 aromatic rings. The fourth-order valence-corrected chi connectivity index (χ4v) is 2.70. The molecule has 0 saturated heterocycles. The Morgan fingerprint density at radius 2 is 1.82 bits per heavy atom. The van der Waals surface area contributed by atoms with E-state index in [1.165, 1.54) is 18.2 Å². The van der Waals surface area contributed by atoms with Gasteiger partial charge in [-0.2, -0.15) is 4.99 Å². The van der Waals surface area contributed by atoms with Crippen LogP contribution in [-0.2, 0) is 22.7 Å². The van der Waals surface area contributed by atoms with Gasteiger partial charge in [0.25, 0.3) is 11.0 Å². The van der Waals surface area contributed by atoms with Gasteiger partial charge in [-0.05, 0) is 35.4 Å². The summed E-state index contributed by atoms with van der Waals surface area (Å²) in [5.74, 6) is -1.71. The lowest BCUT2D eigenvalue weighted by atomic mass is 10.1. The first kappa shape index (κ1) is 21.1. The third-order valence-electron chi connectivity index (χ3n) is 3.40.